The molecule has 0 aromatic carbocycles. The largest absolute Gasteiger partial charge is 0.361 e. The highest BCUT2D eigenvalue weighted by molar-refractivity contribution is 7.99. The molecule has 2 heterocycles. The summed E-state index contributed by atoms with van der Waals surface area (Å²) in [5.41, 5.74) is 1.81. The summed E-state index contributed by atoms with van der Waals surface area (Å²) in [6, 6.07) is 3.23. The Morgan fingerprint density at radius 1 is 1.50 bits per heavy atom. The number of aromatic nitrogens is 2. The third-order valence-electron chi connectivity index (χ3n) is 2.75. The highest BCUT2D eigenvalue weighted by Gasteiger charge is 2.10. The molecule has 2 aromatic heterocycles. The Labute approximate surface area is 119 Å². The van der Waals surface area contributed by atoms with Gasteiger partial charge in [0.25, 0.3) is 5.56 Å². The lowest BCUT2D eigenvalue weighted by molar-refractivity contribution is -0.113. The Bertz CT molecular complexity index is 643. The lowest BCUT2D eigenvalue weighted by atomic mass is 10.2. The quantitative estimate of drug-likeness (QED) is 0.878. The molecule has 0 saturated carbocycles. The number of nitrogens with zero attached hydrogens (tertiary/aromatic N) is 1. The summed E-state index contributed by atoms with van der Waals surface area (Å²) in [7, 11) is 0. The minimum Gasteiger partial charge on any atom is -0.361 e. The van der Waals surface area contributed by atoms with Gasteiger partial charge in [-0.2, -0.15) is 0 Å². The molecule has 0 unspecified atom stereocenters. The van der Waals surface area contributed by atoms with Crippen molar-refractivity contribution in [2.24, 2.45) is 0 Å². The molecule has 0 spiro atoms. The maximum absolute atomic E-state index is 11.7. The topological polar surface area (TPSA) is 88.0 Å². The van der Waals surface area contributed by atoms with Gasteiger partial charge in [-0.15, -0.1) is 11.8 Å². The van der Waals surface area contributed by atoms with Crippen molar-refractivity contribution >= 4 is 23.4 Å². The van der Waals surface area contributed by atoms with Crippen molar-refractivity contribution in [2.75, 3.05) is 11.1 Å². The molecule has 0 saturated heterocycles. The first kappa shape index (κ1) is 14.4. The number of carbonyl (C=O) groups excluding carboxylic acids is 1. The van der Waals surface area contributed by atoms with E-state index in [1.807, 2.05) is 13.8 Å². The monoisotopic (exact) mass is 293 g/mol. The van der Waals surface area contributed by atoms with E-state index in [1.54, 1.807) is 12.1 Å². The Balaban J connectivity index is 1.85. The number of rotatable bonds is 5. The predicted octanol–water partition coefficient (Wildman–Crippen LogP) is 1.85. The Hall–Kier alpha value is -2.02. The smallest absolute Gasteiger partial charge is 0.271 e. The van der Waals surface area contributed by atoms with Crippen LogP contribution in [0.25, 0.3) is 0 Å². The number of aryl methyl sites for hydroxylation is 2. The molecule has 0 aliphatic heterocycles. The molecule has 0 radical (unpaired) electrons. The highest BCUT2D eigenvalue weighted by Crippen LogP contribution is 2.19. The summed E-state index contributed by atoms with van der Waals surface area (Å²) in [5.74, 6) is 1.48. The molecule has 0 atom stereocenters. The second-order valence-corrected chi connectivity index (χ2v) is 5.24. The van der Waals surface area contributed by atoms with Gasteiger partial charge in [-0.05, 0) is 26.0 Å². The second kappa shape index (κ2) is 6.42. The maximum atomic E-state index is 11.7. The molecule has 2 rings (SSSR count). The first-order valence-corrected chi connectivity index (χ1v) is 7.20. The molecule has 6 nitrogen and oxygen atoms in total. The fourth-order valence-corrected chi connectivity index (χ4v) is 2.64. The lowest BCUT2D eigenvalue weighted by Gasteiger charge is -2.04. The van der Waals surface area contributed by atoms with Crippen LogP contribution in [0.5, 0.6) is 0 Å². The average Bonchev–Trinajstić information content (AvgIpc) is 2.73. The molecule has 7 heteroatoms. The first-order chi connectivity index (χ1) is 9.58. The normalized spacial score (nSPS) is 10.5. The van der Waals surface area contributed by atoms with E-state index in [4.69, 9.17) is 4.52 Å². The standard InChI is InChI=1S/C13H15N3O3S/c1-8-10(9(2)19-16-8)6-20-7-12(17)15-11-4-3-5-14-13(11)18/h3-5H,6-7H2,1-2H3,(H,14,18)(H,15,17). The molecule has 0 aliphatic carbocycles. The van der Waals surface area contributed by atoms with Crippen molar-refractivity contribution in [1.82, 2.24) is 10.1 Å². The van der Waals surface area contributed by atoms with E-state index in [0.717, 1.165) is 17.0 Å². The number of hydrogen-bond donors (Lipinski definition) is 2. The Kier molecular flexibility index (Phi) is 4.62. The van der Waals surface area contributed by atoms with Crippen molar-refractivity contribution in [3.05, 3.63) is 45.7 Å². The van der Waals surface area contributed by atoms with Crippen molar-refractivity contribution in [1.29, 1.82) is 0 Å². The number of aromatic amines is 1. The van der Waals surface area contributed by atoms with Crippen LogP contribution in [0.15, 0.2) is 27.6 Å². The lowest BCUT2D eigenvalue weighted by Crippen LogP contribution is -2.20. The summed E-state index contributed by atoms with van der Waals surface area (Å²) >= 11 is 1.45. The van der Waals surface area contributed by atoms with E-state index in [-0.39, 0.29) is 22.9 Å². The van der Waals surface area contributed by atoms with Crippen LogP contribution in [0.3, 0.4) is 0 Å². The Morgan fingerprint density at radius 2 is 2.30 bits per heavy atom. The molecule has 0 aliphatic rings. The molecule has 1 amide bonds. The predicted molar refractivity (Wildman–Crippen MR) is 77.8 cm³/mol. The van der Waals surface area contributed by atoms with Gasteiger partial charge in [0.05, 0.1) is 11.4 Å². The third kappa shape index (κ3) is 3.51. The van der Waals surface area contributed by atoms with Gasteiger partial charge in [-0.3, -0.25) is 9.59 Å². The fraction of sp³-hybridized carbons (Fsp3) is 0.308. The summed E-state index contributed by atoms with van der Waals surface area (Å²) < 4.78 is 5.05. The summed E-state index contributed by atoms with van der Waals surface area (Å²) in [5, 5.41) is 6.44. The zero-order valence-electron chi connectivity index (χ0n) is 11.2. The van der Waals surface area contributed by atoms with Gasteiger partial charge in [0, 0.05) is 17.5 Å². The van der Waals surface area contributed by atoms with Crippen LogP contribution < -0.4 is 10.9 Å². The van der Waals surface area contributed by atoms with Gasteiger partial charge in [-0.1, -0.05) is 5.16 Å². The van der Waals surface area contributed by atoms with E-state index in [0.29, 0.717) is 5.75 Å². The van der Waals surface area contributed by atoms with Crippen LogP contribution >= 0.6 is 11.8 Å². The summed E-state index contributed by atoms with van der Waals surface area (Å²) in [6.45, 7) is 3.72. The SMILES string of the molecule is Cc1noc(C)c1CSCC(=O)Nc1ccc[nH]c1=O. The average molecular weight is 293 g/mol. The number of nitrogens with one attached hydrogen (secondary N) is 2. The number of thioether (sulfide) groups is 1. The van der Waals surface area contributed by atoms with Gasteiger partial charge in [0.2, 0.25) is 5.91 Å². The van der Waals surface area contributed by atoms with Gasteiger partial charge >= 0.3 is 0 Å². The van der Waals surface area contributed by atoms with E-state index >= 15 is 0 Å². The van der Waals surface area contributed by atoms with Crippen LogP contribution in [-0.4, -0.2) is 21.8 Å². The molecule has 2 aromatic rings. The van der Waals surface area contributed by atoms with Crippen LogP contribution in [0.4, 0.5) is 5.69 Å². The number of pyridine rings is 1. The van der Waals surface area contributed by atoms with Gasteiger partial charge in [-0.25, -0.2) is 0 Å². The van der Waals surface area contributed by atoms with Gasteiger partial charge in [0.15, 0.2) is 0 Å². The minimum absolute atomic E-state index is 0.210. The third-order valence-corrected chi connectivity index (χ3v) is 3.71. The molecule has 106 valence electrons. The minimum atomic E-state index is -0.309. The number of H-pyrrole nitrogens is 1. The van der Waals surface area contributed by atoms with E-state index in [2.05, 4.69) is 15.5 Å². The first-order valence-electron chi connectivity index (χ1n) is 6.05. The zero-order chi connectivity index (χ0) is 14.5. The number of carbonyl (C=O) groups is 1. The summed E-state index contributed by atoms with van der Waals surface area (Å²) in [4.78, 5) is 25.6. The number of anilines is 1. The molecule has 0 bridgehead atoms. The van der Waals surface area contributed by atoms with Crippen molar-refractivity contribution in [2.45, 2.75) is 19.6 Å². The fourth-order valence-electron chi connectivity index (χ4n) is 1.66. The van der Waals surface area contributed by atoms with Gasteiger partial charge < -0.3 is 14.8 Å². The highest BCUT2D eigenvalue weighted by atomic mass is 32.2. The summed E-state index contributed by atoms with van der Waals surface area (Å²) in [6.07, 6.45) is 1.52. The zero-order valence-corrected chi connectivity index (χ0v) is 12.0. The van der Waals surface area contributed by atoms with Crippen molar-refractivity contribution < 1.29 is 9.32 Å². The molecule has 2 N–H and O–H groups in total. The van der Waals surface area contributed by atoms with Crippen molar-refractivity contribution in [3.63, 3.8) is 0 Å². The van der Waals surface area contributed by atoms with Crippen LogP contribution in [0.1, 0.15) is 17.0 Å². The molecular formula is C13H15N3O3S. The van der Waals surface area contributed by atoms with Crippen molar-refractivity contribution in [3.8, 4) is 0 Å². The number of amides is 1. The van der Waals surface area contributed by atoms with E-state index in [1.165, 1.54) is 18.0 Å². The number of hydrogen-bond acceptors (Lipinski definition) is 5. The molecular weight excluding hydrogens is 278 g/mol. The maximum Gasteiger partial charge on any atom is 0.271 e. The van der Waals surface area contributed by atoms with E-state index < -0.39 is 0 Å². The van der Waals surface area contributed by atoms with Crippen LogP contribution in [0, 0.1) is 13.8 Å². The van der Waals surface area contributed by atoms with E-state index in [9.17, 15) is 9.59 Å². The van der Waals surface area contributed by atoms with Gasteiger partial charge in [0.1, 0.15) is 11.4 Å². The van der Waals surface area contributed by atoms with Crippen LogP contribution in [-0.2, 0) is 10.5 Å². The molecule has 0 fully saturated rings. The second-order valence-electron chi connectivity index (χ2n) is 4.26. The molecule has 20 heavy (non-hydrogen) atoms. The van der Waals surface area contributed by atoms with Crippen LogP contribution in [0.2, 0.25) is 0 Å². The Morgan fingerprint density at radius 3 is 2.95 bits per heavy atom.